The summed E-state index contributed by atoms with van der Waals surface area (Å²) in [6.45, 7) is 4.18. The van der Waals surface area contributed by atoms with Crippen LogP contribution in [0.5, 0.6) is 0 Å². The van der Waals surface area contributed by atoms with Crippen molar-refractivity contribution in [2.45, 2.75) is 13.8 Å². The first-order chi connectivity index (χ1) is 45.3. The Morgan fingerprint density at radius 2 is 0.598 bits per heavy atom. The monoisotopic (exact) mass is 1210 g/mol. The highest BCUT2D eigenvalue weighted by atomic mass is 32.1. The molecule has 0 aliphatic heterocycles. The molecule has 0 saturated heterocycles. The number of pyridine rings is 2. The summed E-state index contributed by atoms with van der Waals surface area (Å²) in [5.41, 5.74) is 21.5. The fourth-order valence-corrected chi connectivity index (χ4v) is 13.5. The number of fused-ring (bicyclic) bond motifs is 12. The van der Waals surface area contributed by atoms with Crippen LogP contribution in [0.3, 0.4) is 0 Å². The molecule has 0 unspecified atom stereocenters. The Hall–Kier alpha value is -11.7. The quantitative estimate of drug-likeness (QED) is 0.136. The Balaban J connectivity index is 0.000000142. The molecule has 92 heavy (non-hydrogen) atoms. The summed E-state index contributed by atoms with van der Waals surface area (Å²) in [4.78, 5) is 30.6. The summed E-state index contributed by atoms with van der Waals surface area (Å²) < 4.78 is 18.3. The van der Waals surface area contributed by atoms with E-state index in [2.05, 4.69) is 268 Å². The Morgan fingerprint density at radius 1 is 0.239 bits per heavy atom. The Kier molecular flexibility index (Phi) is 13.4. The van der Waals surface area contributed by atoms with Gasteiger partial charge in [0.15, 0.2) is 11.6 Å². The van der Waals surface area contributed by atoms with Gasteiger partial charge in [0.05, 0.1) is 68.7 Å². The number of aryl methyl sites for hydroxylation is 2. The molecule has 0 saturated carbocycles. The van der Waals surface area contributed by atoms with Crippen LogP contribution >= 0.6 is 23.5 Å². The lowest BCUT2D eigenvalue weighted by Gasteiger charge is -2.12. The molecule has 0 aliphatic rings. The standard InChI is InChI=1S/C43H25N5S.C37H25N5S/c1-3-9-30-23-32(19-13-26(30)7-1)39-25-38(45-43(46-39)33-20-14-27-8-2-4-10-31(27)24-33)28-15-17-29(18-16-28)41-35-21-22-37-42(48-49-47-37)40(35)34-11-5-6-12-36(34)44-41;1-22-7-11-24(12-8-22)32-21-33(40-37(39-32)27-13-9-23(2)10-14-27)25-15-17-26(18-16-25)35-29-19-20-31-36(42-43-41-31)34(29)28-5-3-4-6-30(28)38-35/h1-25H;3-21H,1-2H3. The highest BCUT2D eigenvalue weighted by molar-refractivity contribution is 7.00. The maximum absolute atomic E-state index is 5.15. The van der Waals surface area contributed by atoms with Gasteiger partial charge in [0.1, 0.15) is 22.1 Å². The van der Waals surface area contributed by atoms with E-state index >= 15 is 0 Å². The minimum Gasteiger partial charge on any atom is -0.247 e. The van der Waals surface area contributed by atoms with Gasteiger partial charge in [-0.3, -0.25) is 0 Å². The molecule has 0 fully saturated rings. The minimum atomic E-state index is 0.693. The molecule has 6 aromatic heterocycles. The van der Waals surface area contributed by atoms with Crippen LogP contribution < -0.4 is 0 Å². The lowest BCUT2D eigenvalue weighted by molar-refractivity contribution is 1.18. The van der Waals surface area contributed by atoms with Crippen LogP contribution in [0.2, 0.25) is 0 Å². The molecule has 0 atom stereocenters. The Morgan fingerprint density at radius 3 is 1.08 bits per heavy atom. The van der Waals surface area contributed by atoms with Crippen LogP contribution in [-0.4, -0.2) is 47.4 Å². The van der Waals surface area contributed by atoms with Crippen molar-refractivity contribution in [1.82, 2.24) is 47.4 Å². The maximum atomic E-state index is 5.15. The van der Waals surface area contributed by atoms with Crippen LogP contribution in [-0.2, 0) is 0 Å². The lowest BCUT2D eigenvalue weighted by atomic mass is 9.97. The average Bonchev–Trinajstić information content (AvgIpc) is 1.25. The van der Waals surface area contributed by atoms with Crippen LogP contribution in [0.1, 0.15) is 11.1 Å². The van der Waals surface area contributed by atoms with E-state index in [0.717, 1.165) is 149 Å². The summed E-state index contributed by atoms with van der Waals surface area (Å²) in [6, 6.07) is 92.7. The average molecular weight is 1220 g/mol. The molecule has 10 nitrogen and oxygen atoms in total. The molecule has 0 amide bonds. The lowest BCUT2D eigenvalue weighted by Crippen LogP contribution is -1.96. The fourth-order valence-electron chi connectivity index (χ4n) is 12.5. The first kappa shape index (κ1) is 54.5. The van der Waals surface area contributed by atoms with Gasteiger partial charge in [-0.1, -0.05) is 217 Å². The summed E-state index contributed by atoms with van der Waals surface area (Å²) in [5, 5.41) is 11.2. The summed E-state index contributed by atoms with van der Waals surface area (Å²) in [5.74, 6) is 1.40. The molecule has 0 aliphatic carbocycles. The number of hydrogen-bond acceptors (Lipinski definition) is 12. The van der Waals surface area contributed by atoms with E-state index in [1.54, 1.807) is 0 Å². The zero-order valence-electron chi connectivity index (χ0n) is 49.7. The van der Waals surface area contributed by atoms with Gasteiger partial charge in [-0.2, -0.15) is 17.5 Å². The largest absolute Gasteiger partial charge is 0.247 e. The van der Waals surface area contributed by atoms with Gasteiger partial charge in [0.25, 0.3) is 0 Å². The SMILES string of the molecule is Cc1ccc(-c2cc(-c3ccc(-c4nc5ccccc5c5c4ccc4nsnc45)cc3)nc(-c3ccc(C)cc3)n2)cc1.c1ccc2cc(-c3cc(-c4ccc(-c5nc6ccccc6c6c5ccc5nsnc56)cc4)nc(-c4ccc5ccccc5c4)n3)ccc2c1. The van der Waals surface area contributed by atoms with E-state index in [1.165, 1.54) is 50.7 Å². The van der Waals surface area contributed by atoms with E-state index in [9.17, 15) is 0 Å². The fraction of sp³-hybridized carbons (Fsp3) is 0.0250. The van der Waals surface area contributed by atoms with Crippen molar-refractivity contribution in [3.63, 3.8) is 0 Å². The van der Waals surface area contributed by atoms with Crippen LogP contribution in [0.15, 0.2) is 267 Å². The van der Waals surface area contributed by atoms with Crippen molar-refractivity contribution in [3.8, 4) is 90.3 Å². The molecule has 18 rings (SSSR count). The second kappa shape index (κ2) is 22.7. The van der Waals surface area contributed by atoms with Crippen LogP contribution in [0.4, 0.5) is 0 Å². The number of nitrogens with zero attached hydrogens (tertiary/aromatic N) is 10. The molecule has 0 N–H and O–H groups in total. The summed E-state index contributed by atoms with van der Waals surface area (Å²) in [7, 11) is 0. The molecule has 12 aromatic carbocycles. The second-order valence-electron chi connectivity index (χ2n) is 23.1. The predicted molar refractivity (Wildman–Crippen MR) is 380 cm³/mol. The molecule has 0 spiro atoms. The van der Waals surface area contributed by atoms with Crippen molar-refractivity contribution in [2.24, 2.45) is 0 Å². The third-order valence-electron chi connectivity index (χ3n) is 17.2. The molecule has 432 valence electrons. The predicted octanol–water partition coefficient (Wildman–Crippen LogP) is 20.6. The molecule has 12 heteroatoms. The molecule has 0 radical (unpaired) electrons. The van der Waals surface area contributed by atoms with Gasteiger partial charge in [0, 0.05) is 76.8 Å². The Labute approximate surface area is 536 Å². The van der Waals surface area contributed by atoms with Gasteiger partial charge in [0.2, 0.25) is 0 Å². The first-order valence-corrected chi connectivity index (χ1v) is 31.8. The topological polar surface area (TPSA) is 129 Å². The van der Waals surface area contributed by atoms with Gasteiger partial charge in [-0.05, 0) is 96.1 Å². The van der Waals surface area contributed by atoms with Crippen LogP contribution in [0, 0.1) is 13.8 Å². The second-order valence-corrected chi connectivity index (χ2v) is 24.2. The van der Waals surface area contributed by atoms with Crippen LogP contribution in [0.25, 0.3) is 177 Å². The molecule has 0 bridgehead atoms. The van der Waals surface area contributed by atoms with E-state index in [4.69, 9.17) is 29.9 Å². The number of benzene rings is 12. The summed E-state index contributed by atoms with van der Waals surface area (Å²) in [6.07, 6.45) is 0. The number of aromatic nitrogens is 10. The van der Waals surface area contributed by atoms with Crippen molar-refractivity contribution in [3.05, 3.63) is 278 Å². The number of para-hydroxylation sites is 2. The van der Waals surface area contributed by atoms with Gasteiger partial charge >= 0.3 is 0 Å². The summed E-state index contributed by atoms with van der Waals surface area (Å²) >= 11 is 2.49. The number of rotatable bonds is 8. The highest BCUT2D eigenvalue weighted by Gasteiger charge is 2.20. The van der Waals surface area contributed by atoms with Crippen molar-refractivity contribution >= 4 is 110 Å². The van der Waals surface area contributed by atoms with Crippen molar-refractivity contribution in [2.75, 3.05) is 0 Å². The first-order valence-electron chi connectivity index (χ1n) is 30.4. The van der Waals surface area contributed by atoms with E-state index in [-0.39, 0.29) is 0 Å². The zero-order chi connectivity index (χ0) is 61.2. The smallest absolute Gasteiger partial charge is 0.160 e. The van der Waals surface area contributed by atoms with Gasteiger partial charge < -0.3 is 0 Å². The third-order valence-corrected chi connectivity index (χ3v) is 18.3. The van der Waals surface area contributed by atoms with Crippen molar-refractivity contribution in [1.29, 1.82) is 0 Å². The highest BCUT2D eigenvalue weighted by Crippen LogP contribution is 2.40. The molecular formula is C80H50N10S2. The molecule has 6 heterocycles. The van der Waals surface area contributed by atoms with Crippen molar-refractivity contribution < 1.29 is 0 Å². The minimum absolute atomic E-state index is 0.693. The Bertz CT molecular complexity index is 5750. The van der Waals surface area contributed by atoms with Gasteiger partial charge in [-0.25, -0.2) is 29.9 Å². The zero-order valence-corrected chi connectivity index (χ0v) is 51.3. The molecular weight excluding hydrogens is 1170 g/mol. The molecule has 18 aromatic rings. The van der Waals surface area contributed by atoms with E-state index in [0.29, 0.717) is 11.6 Å². The normalized spacial score (nSPS) is 11.6. The van der Waals surface area contributed by atoms with E-state index < -0.39 is 0 Å². The third kappa shape index (κ3) is 10.0. The number of hydrogen-bond donors (Lipinski definition) is 0. The van der Waals surface area contributed by atoms with E-state index in [1.807, 2.05) is 30.3 Å². The maximum Gasteiger partial charge on any atom is 0.160 e. The van der Waals surface area contributed by atoms with Gasteiger partial charge in [-0.15, -0.1) is 0 Å².